The van der Waals surface area contributed by atoms with Crippen molar-refractivity contribution < 1.29 is 26.7 Å². The number of hydrogen-bond acceptors (Lipinski definition) is 3. The van der Waals surface area contributed by atoms with Gasteiger partial charge < -0.3 is 10.1 Å². The number of aromatic amines is 1. The summed E-state index contributed by atoms with van der Waals surface area (Å²) in [6.07, 6.45) is -0.468. The molecular weight excluding hydrogens is 355 g/mol. The van der Waals surface area contributed by atoms with Crippen LogP contribution in [-0.2, 0) is 9.84 Å². The van der Waals surface area contributed by atoms with Gasteiger partial charge in [0.05, 0.1) is 11.4 Å². The van der Waals surface area contributed by atoms with Gasteiger partial charge in [0.25, 0.3) is 0 Å². The smallest absolute Gasteiger partial charge is 0.160 e. The van der Waals surface area contributed by atoms with E-state index in [0.29, 0.717) is 11.1 Å². The lowest BCUT2D eigenvalue weighted by Gasteiger charge is -2.11. The first-order valence-electron chi connectivity index (χ1n) is 7.28. The molecule has 4 nitrogen and oxygen atoms in total. The molecule has 2 aromatic carbocycles. The van der Waals surface area contributed by atoms with Crippen LogP contribution in [0.2, 0.25) is 0 Å². The predicted molar refractivity (Wildman–Crippen MR) is 88.3 cm³/mol. The molecule has 1 aromatic heterocycles. The van der Waals surface area contributed by atoms with E-state index in [2.05, 4.69) is 4.98 Å². The molecule has 8 heteroatoms. The number of halogens is 3. The Morgan fingerprint density at radius 1 is 1.08 bits per heavy atom. The molecule has 0 spiro atoms. The van der Waals surface area contributed by atoms with Gasteiger partial charge in [-0.3, -0.25) is 0 Å². The fourth-order valence-electron chi connectivity index (χ4n) is 2.76. The minimum Gasteiger partial charge on any atom is -0.386 e. The van der Waals surface area contributed by atoms with Gasteiger partial charge in [-0.05, 0) is 23.8 Å². The van der Waals surface area contributed by atoms with Crippen molar-refractivity contribution in [1.29, 1.82) is 0 Å². The summed E-state index contributed by atoms with van der Waals surface area (Å²) in [5.41, 5.74) is 1.02. The average molecular weight is 369 g/mol. The lowest BCUT2D eigenvalue weighted by Crippen LogP contribution is -2.13. The summed E-state index contributed by atoms with van der Waals surface area (Å²) in [6.45, 7) is 0. The molecule has 0 aliphatic carbocycles. The van der Waals surface area contributed by atoms with Crippen LogP contribution in [0.1, 0.15) is 11.8 Å². The molecule has 3 aromatic rings. The summed E-state index contributed by atoms with van der Waals surface area (Å²) >= 11 is 0. The normalized spacial score (nSPS) is 13.3. The Hall–Kier alpha value is -2.32. The Balaban J connectivity index is 2.27. The first-order chi connectivity index (χ1) is 11.7. The average Bonchev–Trinajstić information content (AvgIpc) is 2.85. The van der Waals surface area contributed by atoms with Gasteiger partial charge in [0.15, 0.2) is 11.6 Å². The number of hydrogen-bond donors (Lipinski definition) is 2. The molecule has 0 saturated carbocycles. The van der Waals surface area contributed by atoms with E-state index in [4.69, 9.17) is 0 Å². The number of aromatic nitrogens is 1. The van der Waals surface area contributed by atoms with Crippen LogP contribution < -0.4 is 0 Å². The monoisotopic (exact) mass is 369 g/mol. The molecule has 1 atom stereocenters. The highest BCUT2D eigenvalue weighted by molar-refractivity contribution is 7.90. The Morgan fingerprint density at radius 3 is 2.28 bits per heavy atom. The molecule has 0 aliphatic rings. The van der Waals surface area contributed by atoms with Gasteiger partial charge in [0.2, 0.25) is 0 Å². The number of aliphatic hydroxyl groups excluding tert-OH is 1. The van der Waals surface area contributed by atoms with Crippen LogP contribution in [0.15, 0.2) is 36.4 Å². The van der Waals surface area contributed by atoms with Crippen LogP contribution >= 0.6 is 0 Å². The lowest BCUT2D eigenvalue weighted by molar-refractivity contribution is 0.198. The van der Waals surface area contributed by atoms with Crippen molar-refractivity contribution >= 4 is 20.7 Å². The Labute approximate surface area is 141 Å². The van der Waals surface area contributed by atoms with Gasteiger partial charge in [0.1, 0.15) is 21.8 Å². The molecule has 1 unspecified atom stereocenters. The second kappa shape index (κ2) is 6.20. The summed E-state index contributed by atoms with van der Waals surface area (Å²) in [5.74, 6) is -3.22. The van der Waals surface area contributed by atoms with Gasteiger partial charge >= 0.3 is 0 Å². The summed E-state index contributed by atoms with van der Waals surface area (Å²) < 4.78 is 63.4. The first-order valence-corrected chi connectivity index (χ1v) is 9.34. The number of fused-ring (bicyclic) bond motifs is 1. The third kappa shape index (κ3) is 3.54. The number of sulfone groups is 1. The minimum absolute atomic E-state index is 0.0945. The van der Waals surface area contributed by atoms with Crippen molar-refractivity contribution in [3.63, 3.8) is 0 Å². The third-order valence-corrected chi connectivity index (χ3v) is 4.72. The Morgan fingerprint density at radius 2 is 1.68 bits per heavy atom. The van der Waals surface area contributed by atoms with Gasteiger partial charge in [-0.1, -0.05) is 12.1 Å². The predicted octanol–water partition coefficient (Wildman–Crippen LogP) is 3.33. The Bertz CT molecular complexity index is 1040. The molecule has 132 valence electrons. The maximum atomic E-state index is 13.7. The second-order valence-electron chi connectivity index (χ2n) is 5.84. The standard InChI is InChI=1S/C17H14F3NO3S/c1-25(23,24)8-15(22)17-16(9-2-4-10(18)5-3-9)11-6-12(19)13(20)7-14(11)21-17/h2-7,15,21-22H,8H2,1H3. The molecule has 0 radical (unpaired) electrons. The van der Waals surface area contributed by atoms with E-state index in [-0.39, 0.29) is 16.6 Å². The highest BCUT2D eigenvalue weighted by Gasteiger charge is 2.24. The first kappa shape index (κ1) is 17.5. The zero-order valence-corrected chi connectivity index (χ0v) is 13.9. The molecule has 3 rings (SSSR count). The Kier molecular flexibility index (Phi) is 4.34. The summed E-state index contributed by atoms with van der Waals surface area (Å²) in [6, 6.07) is 7.07. The number of benzene rings is 2. The number of rotatable bonds is 4. The summed E-state index contributed by atoms with van der Waals surface area (Å²) in [7, 11) is -3.51. The van der Waals surface area contributed by atoms with E-state index in [1.54, 1.807) is 0 Å². The van der Waals surface area contributed by atoms with Crippen LogP contribution in [0.3, 0.4) is 0 Å². The minimum atomic E-state index is -3.51. The van der Waals surface area contributed by atoms with Crippen molar-refractivity contribution in [3.8, 4) is 11.1 Å². The van der Waals surface area contributed by atoms with Crippen LogP contribution in [-0.4, -0.2) is 30.5 Å². The third-order valence-electron chi connectivity index (χ3n) is 3.80. The molecule has 0 fully saturated rings. The zero-order valence-electron chi connectivity index (χ0n) is 13.1. The summed E-state index contributed by atoms with van der Waals surface area (Å²) in [5, 5.41) is 10.6. The quantitative estimate of drug-likeness (QED) is 0.741. The van der Waals surface area contributed by atoms with E-state index >= 15 is 0 Å². The summed E-state index contributed by atoms with van der Waals surface area (Å²) in [4.78, 5) is 2.75. The number of H-pyrrole nitrogens is 1. The maximum absolute atomic E-state index is 13.7. The number of nitrogens with one attached hydrogen (secondary N) is 1. The van der Waals surface area contributed by atoms with E-state index in [9.17, 15) is 26.7 Å². The topological polar surface area (TPSA) is 70.2 Å². The van der Waals surface area contributed by atoms with E-state index in [1.807, 2.05) is 0 Å². The van der Waals surface area contributed by atoms with Crippen LogP contribution in [0.25, 0.3) is 22.0 Å². The van der Waals surface area contributed by atoms with Crippen LogP contribution in [0, 0.1) is 17.5 Å². The fourth-order valence-corrected chi connectivity index (χ4v) is 3.50. The second-order valence-corrected chi connectivity index (χ2v) is 8.03. The SMILES string of the molecule is CS(=O)(=O)CC(O)c1[nH]c2cc(F)c(F)cc2c1-c1ccc(F)cc1. The van der Waals surface area contributed by atoms with Crippen molar-refractivity contribution in [2.24, 2.45) is 0 Å². The van der Waals surface area contributed by atoms with E-state index < -0.39 is 39.1 Å². The van der Waals surface area contributed by atoms with Crippen LogP contribution in [0.4, 0.5) is 13.2 Å². The fraction of sp³-hybridized carbons (Fsp3) is 0.176. The molecule has 2 N–H and O–H groups in total. The molecule has 25 heavy (non-hydrogen) atoms. The van der Waals surface area contributed by atoms with Gasteiger partial charge in [-0.25, -0.2) is 21.6 Å². The maximum Gasteiger partial charge on any atom is 0.160 e. The molecular formula is C17H14F3NO3S. The van der Waals surface area contributed by atoms with Crippen molar-refractivity contribution in [3.05, 3.63) is 59.5 Å². The van der Waals surface area contributed by atoms with Crippen molar-refractivity contribution in [2.75, 3.05) is 12.0 Å². The molecule has 0 aliphatic heterocycles. The highest BCUT2D eigenvalue weighted by atomic mass is 32.2. The van der Waals surface area contributed by atoms with Crippen LogP contribution in [0.5, 0.6) is 0 Å². The van der Waals surface area contributed by atoms with Gasteiger partial charge in [-0.2, -0.15) is 0 Å². The van der Waals surface area contributed by atoms with Gasteiger partial charge in [0, 0.05) is 28.8 Å². The van der Waals surface area contributed by atoms with Crippen molar-refractivity contribution in [2.45, 2.75) is 6.10 Å². The lowest BCUT2D eigenvalue weighted by atomic mass is 10.00. The van der Waals surface area contributed by atoms with Crippen molar-refractivity contribution in [1.82, 2.24) is 4.98 Å². The van der Waals surface area contributed by atoms with Gasteiger partial charge in [-0.15, -0.1) is 0 Å². The largest absolute Gasteiger partial charge is 0.386 e. The van der Waals surface area contributed by atoms with E-state index in [1.165, 1.54) is 24.3 Å². The number of aliphatic hydroxyl groups is 1. The molecule has 0 saturated heterocycles. The zero-order chi connectivity index (χ0) is 18.4. The molecule has 0 bridgehead atoms. The highest BCUT2D eigenvalue weighted by Crippen LogP contribution is 2.37. The van der Waals surface area contributed by atoms with E-state index in [0.717, 1.165) is 18.4 Å². The molecule has 0 amide bonds. The molecule has 1 heterocycles.